The van der Waals surface area contributed by atoms with E-state index in [-0.39, 0.29) is 11.3 Å². The van der Waals surface area contributed by atoms with Crippen molar-refractivity contribution in [3.05, 3.63) is 58.4 Å². The Morgan fingerprint density at radius 1 is 1.07 bits per heavy atom. The maximum absolute atomic E-state index is 12.4. The lowest BCUT2D eigenvalue weighted by Gasteiger charge is -2.12. The number of carbonyl (C=O) groups is 2. The van der Waals surface area contributed by atoms with Crippen molar-refractivity contribution in [2.45, 2.75) is 6.18 Å². The predicted molar refractivity (Wildman–Crippen MR) is 98.2 cm³/mol. The summed E-state index contributed by atoms with van der Waals surface area (Å²) in [4.78, 5) is 29.9. The highest BCUT2D eigenvalue weighted by molar-refractivity contribution is 7.22. The number of rotatable bonds is 5. The quantitative estimate of drug-likeness (QED) is 0.653. The van der Waals surface area contributed by atoms with Crippen LogP contribution in [0.25, 0.3) is 9.88 Å². The van der Waals surface area contributed by atoms with Gasteiger partial charge in [0.15, 0.2) is 0 Å². The summed E-state index contributed by atoms with van der Waals surface area (Å²) in [5.74, 6) is -1.42. The molecule has 5 nitrogen and oxygen atoms in total. The Labute approximate surface area is 159 Å². The van der Waals surface area contributed by atoms with Crippen molar-refractivity contribution in [1.29, 1.82) is 0 Å². The summed E-state index contributed by atoms with van der Waals surface area (Å²) in [5.41, 5.74) is 0.0614. The topological polar surface area (TPSA) is 71.1 Å². The van der Waals surface area contributed by atoms with E-state index in [0.717, 1.165) is 4.88 Å². The maximum Gasteiger partial charge on any atom is 0.405 e. The van der Waals surface area contributed by atoms with Gasteiger partial charge in [-0.2, -0.15) is 13.2 Å². The molecule has 2 N–H and O–H groups in total. The summed E-state index contributed by atoms with van der Waals surface area (Å²) in [7, 11) is 0. The number of para-hydroxylation sites is 1. The van der Waals surface area contributed by atoms with Crippen LogP contribution in [-0.2, 0) is 0 Å². The van der Waals surface area contributed by atoms with Gasteiger partial charge in [0.2, 0.25) is 0 Å². The minimum atomic E-state index is -4.52. The number of anilines is 1. The van der Waals surface area contributed by atoms with Crippen molar-refractivity contribution in [2.75, 3.05) is 11.9 Å². The Hall–Kier alpha value is -2.72. The van der Waals surface area contributed by atoms with Crippen LogP contribution in [0.15, 0.2) is 48.0 Å². The van der Waals surface area contributed by atoms with Crippen molar-refractivity contribution in [2.24, 2.45) is 0 Å². The molecule has 0 unspecified atom stereocenters. The number of carbonyl (C=O) groups excluding carboxylic acids is 2. The van der Waals surface area contributed by atoms with Crippen LogP contribution in [0.2, 0.25) is 0 Å². The van der Waals surface area contributed by atoms with Gasteiger partial charge in [0.05, 0.1) is 22.3 Å². The third-order valence-electron chi connectivity index (χ3n) is 3.33. The molecule has 0 bridgehead atoms. The molecule has 0 saturated heterocycles. The van der Waals surface area contributed by atoms with Crippen LogP contribution < -0.4 is 10.6 Å². The Kier molecular flexibility index (Phi) is 5.57. The van der Waals surface area contributed by atoms with Crippen LogP contribution >= 0.6 is 22.7 Å². The van der Waals surface area contributed by atoms with Gasteiger partial charge in [-0.1, -0.05) is 18.2 Å². The molecule has 0 aliphatic heterocycles. The Balaban J connectivity index is 1.74. The van der Waals surface area contributed by atoms with Gasteiger partial charge in [-0.3, -0.25) is 9.59 Å². The molecule has 0 fully saturated rings. The zero-order chi connectivity index (χ0) is 19.4. The normalized spacial score (nSPS) is 11.2. The molecule has 10 heteroatoms. The summed E-state index contributed by atoms with van der Waals surface area (Å²) in [6.45, 7) is -1.45. The fraction of sp³-hybridized carbons (Fsp3) is 0.118. The Morgan fingerprint density at radius 3 is 2.56 bits per heavy atom. The highest BCUT2D eigenvalue weighted by atomic mass is 32.1. The zero-order valence-corrected chi connectivity index (χ0v) is 15.2. The lowest BCUT2D eigenvalue weighted by molar-refractivity contribution is -0.123. The van der Waals surface area contributed by atoms with Crippen LogP contribution in [0.1, 0.15) is 20.0 Å². The first-order chi connectivity index (χ1) is 12.8. The third kappa shape index (κ3) is 4.92. The van der Waals surface area contributed by atoms with Crippen LogP contribution in [0.5, 0.6) is 0 Å². The van der Waals surface area contributed by atoms with E-state index in [1.54, 1.807) is 11.4 Å². The molecule has 0 spiro atoms. The fourth-order valence-corrected chi connectivity index (χ4v) is 3.76. The second-order valence-electron chi connectivity index (χ2n) is 5.30. The van der Waals surface area contributed by atoms with E-state index in [1.807, 2.05) is 17.5 Å². The first-order valence-electron chi connectivity index (χ1n) is 7.58. The molecular formula is C17H12F3N3O2S2. The monoisotopic (exact) mass is 411 g/mol. The smallest absolute Gasteiger partial charge is 0.343 e. The van der Waals surface area contributed by atoms with Gasteiger partial charge in [0.25, 0.3) is 11.8 Å². The first kappa shape index (κ1) is 19.1. The number of nitrogens with zero attached hydrogens (tertiary/aromatic N) is 1. The van der Waals surface area contributed by atoms with Crippen LogP contribution in [-0.4, -0.2) is 29.5 Å². The standard InChI is InChI=1S/C17H12F3N3O2S2/c18-17(19,20)9-22-14(24)10-4-1-2-5-11(10)23-15(25)13-8-21-16(27-13)12-6-3-7-26-12/h1-8H,9H2,(H,22,24)(H,23,25). The number of nitrogens with one attached hydrogen (secondary N) is 2. The molecule has 2 amide bonds. The molecule has 0 aliphatic rings. The Morgan fingerprint density at radius 2 is 1.85 bits per heavy atom. The number of benzene rings is 1. The Bertz CT molecular complexity index is 952. The second kappa shape index (κ2) is 7.89. The van der Waals surface area contributed by atoms with Gasteiger partial charge in [0, 0.05) is 0 Å². The number of aromatic nitrogens is 1. The molecular weight excluding hydrogens is 399 g/mol. The lowest BCUT2D eigenvalue weighted by Crippen LogP contribution is -2.34. The van der Waals surface area contributed by atoms with E-state index in [9.17, 15) is 22.8 Å². The molecule has 3 aromatic rings. The molecule has 0 aliphatic carbocycles. The van der Waals surface area contributed by atoms with Crippen LogP contribution in [0.4, 0.5) is 18.9 Å². The fourth-order valence-electron chi connectivity index (χ4n) is 2.14. The average Bonchev–Trinajstić information content (AvgIpc) is 3.30. The summed E-state index contributed by atoms with van der Waals surface area (Å²) in [6, 6.07) is 9.61. The molecule has 0 saturated carbocycles. The predicted octanol–water partition coefficient (Wildman–Crippen LogP) is 4.42. The van der Waals surface area contributed by atoms with Crippen molar-refractivity contribution in [3.63, 3.8) is 0 Å². The minimum Gasteiger partial charge on any atom is -0.343 e. The summed E-state index contributed by atoms with van der Waals surface area (Å²) in [5, 5.41) is 6.93. The molecule has 3 rings (SSSR count). The van der Waals surface area contributed by atoms with Crippen molar-refractivity contribution in [3.8, 4) is 9.88 Å². The lowest BCUT2D eigenvalue weighted by atomic mass is 10.1. The SMILES string of the molecule is O=C(Nc1ccccc1C(=O)NCC(F)(F)F)c1cnc(-c2cccs2)s1. The number of thiophene rings is 1. The van der Waals surface area contributed by atoms with Crippen molar-refractivity contribution >= 4 is 40.2 Å². The van der Waals surface area contributed by atoms with Crippen molar-refractivity contribution < 1.29 is 22.8 Å². The van der Waals surface area contributed by atoms with E-state index in [0.29, 0.717) is 9.88 Å². The van der Waals surface area contributed by atoms with Gasteiger partial charge in [-0.05, 0) is 23.6 Å². The van der Waals surface area contributed by atoms with E-state index in [4.69, 9.17) is 0 Å². The summed E-state index contributed by atoms with van der Waals surface area (Å²) >= 11 is 2.67. The maximum atomic E-state index is 12.4. The second-order valence-corrected chi connectivity index (χ2v) is 7.28. The summed E-state index contributed by atoms with van der Waals surface area (Å²) < 4.78 is 36.9. The number of alkyl halides is 3. The van der Waals surface area contributed by atoms with Crippen molar-refractivity contribution in [1.82, 2.24) is 10.3 Å². The number of hydrogen-bond donors (Lipinski definition) is 2. The zero-order valence-electron chi connectivity index (χ0n) is 13.5. The van der Waals surface area contributed by atoms with Gasteiger partial charge in [-0.15, -0.1) is 22.7 Å². The number of amides is 2. The molecule has 140 valence electrons. The number of thiazole rings is 1. The molecule has 2 heterocycles. The van der Waals surface area contributed by atoms with Crippen LogP contribution in [0, 0.1) is 0 Å². The van der Waals surface area contributed by atoms with Gasteiger partial charge >= 0.3 is 6.18 Å². The molecule has 1 aromatic carbocycles. The third-order valence-corrected chi connectivity index (χ3v) is 5.37. The van der Waals surface area contributed by atoms with Crippen LogP contribution in [0.3, 0.4) is 0 Å². The first-order valence-corrected chi connectivity index (χ1v) is 9.28. The van der Waals surface area contributed by atoms with E-state index in [2.05, 4.69) is 10.3 Å². The highest BCUT2D eigenvalue weighted by Crippen LogP contribution is 2.29. The molecule has 2 aromatic heterocycles. The van der Waals surface area contributed by atoms with E-state index < -0.39 is 24.5 Å². The summed E-state index contributed by atoms with van der Waals surface area (Å²) in [6.07, 6.45) is -3.10. The highest BCUT2D eigenvalue weighted by Gasteiger charge is 2.28. The minimum absolute atomic E-state index is 0.0573. The molecule has 0 radical (unpaired) electrons. The molecule has 27 heavy (non-hydrogen) atoms. The average molecular weight is 411 g/mol. The van der Waals surface area contributed by atoms with Gasteiger partial charge in [-0.25, -0.2) is 4.98 Å². The van der Waals surface area contributed by atoms with E-state index in [1.165, 1.54) is 47.1 Å². The molecule has 0 atom stereocenters. The van der Waals surface area contributed by atoms with E-state index >= 15 is 0 Å². The van der Waals surface area contributed by atoms with Gasteiger partial charge < -0.3 is 10.6 Å². The van der Waals surface area contributed by atoms with Gasteiger partial charge in [0.1, 0.15) is 16.4 Å². The largest absolute Gasteiger partial charge is 0.405 e. The number of hydrogen-bond acceptors (Lipinski definition) is 5. The number of halogens is 3.